The van der Waals surface area contributed by atoms with Crippen LogP contribution in [0.3, 0.4) is 0 Å². The quantitative estimate of drug-likeness (QED) is 0.746. The lowest BCUT2D eigenvalue weighted by molar-refractivity contribution is -0.131. The molecule has 80 valence electrons. The first-order valence-electron chi connectivity index (χ1n) is 5.87. The van der Waals surface area contributed by atoms with Gasteiger partial charge in [0.1, 0.15) is 5.78 Å². The predicted octanol–water partition coefficient (Wildman–Crippen LogP) is 1.99. The molecule has 0 aromatic rings. The number of rotatable bonds is 3. The summed E-state index contributed by atoms with van der Waals surface area (Å²) in [6.45, 7) is 6.45. The van der Waals surface area contributed by atoms with Crippen LogP contribution in [0.1, 0.15) is 39.5 Å². The Morgan fingerprint density at radius 2 is 2.00 bits per heavy atom. The van der Waals surface area contributed by atoms with Gasteiger partial charge in [0.25, 0.3) is 0 Å². The third kappa shape index (κ3) is 1.85. The van der Waals surface area contributed by atoms with Gasteiger partial charge in [-0.05, 0) is 44.7 Å². The molecule has 1 saturated heterocycles. The van der Waals surface area contributed by atoms with Gasteiger partial charge in [0, 0.05) is 11.3 Å². The molecular formula is C12H21NO. The summed E-state index contributed by atoms with van der Waals surface area (Å²) in [6.07, 6.45) is 4.73. The first-order valence-corrected chi connectivity index (χ1v) is 5.87. The summed E-state index contributed by atoms with van der Waals surface area (Å²) in [5.74, 6) is 1.49. The second kappa shape index (κ2) is 3.65. The Morgan fingerprint density at radius 3 is 2.50 bits per heavy atom. The number of piperidine rings is 1. The summed E-state index contributed by atoms with van der Waals surface area (Å²) < 4.78 is 0. The van der Waals surface area contributed by atoms with Crippen LogP contribution >= 0.6 is 0 Å². The van der Waals surface area contributed by atoms with Crippen LogP contribution in [-0.2, 0) is 4.79 Å². The number of ketones is 1. The van der Waals surface area contributed by atoms with Crippen LogP contribution in [0.15, 0.2) is 0 Å². The Labute approximate surface area is 86.5 Å². The number of nitrogens with one attached hydrogen (secondary N) is 1. The van der Waals surface area contributed by atoms with Crippen molar-refractivity contribution >= 4 is 5.78 Å². The molecule has 2 heteroatoms. The lowest BCUT2D eigenvalue weighted by atomic mass is 9.71. The SMILES string of the molecule is CC(C)(C(=O)C1CC1)C1CCCNC1. The Bertz CT molecular complexity index is 224. The minimum absolute atomic E-state index is 0.0887. The fourth-order valence-corrected chi connectivity index (χ4v) is 2.54. The van der Waals surface area contributed by atoms with E-state index in [1.54, 1.807) is 0 Å². The van der Waals surface area contributed by atoms with E-state index in [2.05, 4.69) is 19.2 Å². The van der Waals surface area contributed by atoms with Gasteiger partial charge in [-0.2, -0.15) is 0 Å². The summed E-state index contributed by atoms with van der Waals surface area (Å²) in [4.78, 5) is 12.1. The van der Waals surface area contributed by atoms with Crippen LogP contribution in [0, 0.1) is 17.3 Å². The standard InChI is InChI=1S/C12H21NO/c1-12(2,11(14)9-5-6-9)10-4-3-7-13-8-10/h9-10,13H,3-8H2,1-2H3. The molecular weight excluding hydrogens is 174 g/mol. The molecule has 1 atom stereocenters. The van der Waals surface area contributed by atoms with E-state index in [4.69, 9.17) is 0 Å². The third-order valence-corrected chi connectivity index (χ3v) is 3.90. The Kier molecular flexibility index (Phi) is 2.65. The van der Waals surface area contributed by atoms with E-state index < -0.39 is 0 Å². The highest BCUT2D eigenvalue weighted by molar-refractivity contribution is 5.88. The number of carbonyl (C=O) groups is 1. The first kappa shape index (κ1) is 10.2. The number of carbonyl (C=O) groups excluding carboxylic acids is 1. The second-order valence-electron chi connectivity index (χ2n) is 5.40. The van der Waals surface area contributed by atoms with Gasteiger partial charge >= 0.3 is 0 Å². The van der Waals surface area contributed by atoms with Crippen molar-refractivity contribution in [3.8, 4) is 0 Å². The fourth-order valence-electron chi connectivity index (χ4n) is 2.54. The summed E-state index contributed by atoms with van der Waals surface area (Å²) in [5, 5.41) is 3.40. The van der Waals surface area contributed by atoms with Gasteiger partial charge in [0.05, 0.1) is 0 Å². The fraction of sp³-hybridized carbons (Fsp3) is 0.917. The monoisotopic (exact) mass is 195 g/mol. The molecule has 0 aromatic carbocycles. The van der Waals surface area contributed by atoms with Crippen molar-refractivity contribution in [3.63, 3.8) is 0 Å². The van der Waals surface area contributed by atoms with Crippen molar-refractivity contribution in [1.29, 1.82) is 0 Å². The second-order valence-corrected chi connectivity index (χ2v) is 5.40. The summed E-state index contributed by atoms with van der Waals surface area (Å²) >= 11 is 0. The van der Waals surface area contributed by atoms with Crippen LogP contribution in [0.5, 0.6) is 0 Å². The van der Waals surface area contributed by atoms with E-state index in [1.165, 1.54) is 12.8 Å². The highest BCUT2D eigenvalue weighted by atomic mass is 16.1. The highest BCUT2D eigenvalue weighted by Crippen LogP contribution is 2.42. The highest BCUT2D eigenvalue weighted by Gasteiger charge is 2.43. The normalized spacial score (nSPS) is 28.9. The minimum Gasteiger partial charge on any atom is -0.316 e. The van der Waals surface area contributed by atoms with E-state index in [1.807, 2.05) is 0 Å². The maximum atomic E-state index is 12.1. The number of hydrogen-bond acceptors (Lipinski definition) is 2. The lowest BCUT2D eigenvalue weighted by Crippen LogP contribution is -2.43. The molecule has 1 aliphatic carbocycles. The van der Waals surface area contributed by atoms with Crippen molar-refractivity contribution in [2.75, 3.05) is 13.1 Å². The summed E-state index contributed by atoms with van der Waals surface area (Å²) in [7, 11) is 0. The van der Waals surface area contributed by atoms with Gasteiger partial charge in [0.2, 0.25) is 0 Å². The van der Waals surface area contributed by atoms with Crippen molar-refractivity contribution in [2.24, 2.45) is 17.3 Å². The maximum absolute atomic E-state index is 12.1. The summed E-state index contributed by atoms with van der Waals surface area (Å²) in [5.41, 5.74) is -0.0887. The molecule has 2 rings (SSSR count). The Hall–Kier alpha value is -0.370. The van der Waals surface area contributed by atoms with E-state index in [9.17, 15) is 4.79 Å². The zero-order valence-corrected chi connectivity index (χ0v) is 9.31. The van der Waals surface area contributed by atoms with Gasteiger partial charge in [-0.3, -0.25) is 4.79 Å². The first-order chi connectivity index (χ1) is 6.62. The van der Waals surface area contributed by atoms with E-state index in [0.717, 1.165) is 25.9 Å². The van der Waals surface area contributed by atoms with Crippen molar-refractivity contribution in [1.82, 2.24) is 5.32 Å². The molecule has 2 aliphatic rings. The van der Waals surface area contributed by atoms with Crippen LogP contribution in [-0.4, -0.2) is 18.9 Å². The maximum Gasteiger partial charge on any atom is 0.141 e. The number of hydrogen-bond donors (Lipinski definition) is 1. The van der Waals surface area contributed by atoms with Gasteiger partial charge in [-0.1, -0.05) is 13.8 Å². The molecule has 1 heterocycles. The van der Waals surface area contributed by atoms with Crippen LogP contribution < -0.4 is 5.32 Å². The van der Waals surface area contributed by atoms with E-state index in [0.29, 0.717) is 17.6 Å². The van der Waals surface area contributed by atoms with Crippen molar-refractivity contribution in [3.05, 3.63) is 0 Å². The molecule has 0 spiro atoms. The molecule has 0 amide bonds. The van der Waals surface area contributed by atoms with E-state index in [-0.39, 0.29) is 5.41 Å². The van der Waals surface area contributed by atoms with Gasteiger partial charge < -0.3 is 5.32 Å². The minimum atomic E-state index is -0.0887. The average Bonchev–Trinajstić information content (AvgIpc) is 3.01. The average molecular weight is 195 g/mol. The molecule has 1 aliphatic heterocycles. The smallest absolute Gasteiger partial charge is 0.141 e. The molecule has 0 bridgehead atoms. The lowest BCUT2D eigenvalue weighted by Gasteiger charge is -2.36. The zero-order valence-electron chi connectivity index (χ0n) is 9.31. The van der Waals surface area contributed by atoms with Gasteiger partial charge in [-0.15, -0.1) is 0 Å². The summed E-state index contributed by atoms with van der Waals surface area (Å²) in [6, 6.07) is 0. The molecule has 0 aromatic heterocycles. The van der Waals surface area contributed by atoms with E-state index >= 15 is 0 Å². The van der Waals surface area contributed by atoms with Gasteiger partial charge in [0.15, 0.2) is 0 Å². The Balaban J connectivity index is 2.00. The molecule has 0 radical (unpaired) electrons. The molecule has 14 heavy (non-hydrogen) atoms. The van der Waals surface area contributed by atoms with Crippen LogP contribution in [0.4, 0.5) is 0 Å². The van der Waals surface area contributed by atoms with Crippen molar-refractivity contribution in [2.45, 2.75) is 39.5 Å². The number of Topliss-reactive ketones (excluding diaryl/α,β-unsaturated/α-hetero) is 1. The molecule has 2 fully saturated rings. The molecule has 1 unspecified atom stereocenters. The molecule has 2 nitrogen and oxygen atoms in total. The zero-order chi connectivity index (χ0) is 10.2. The van der Waals surface area contributed by atoms with Crippen LogP contribution in [0.25, 0.3) is 0 Å². The van der Waals surface area contributed by atoms with Crippen molar-refractivity contribution < 1.29 is 4.79 Å². The van der Waals surface area contributed by atoms with Gasteiger partial charge in [-0.25, -0.2) is 0 Å². The topological polar surface area (TPSA) is 29.1 Å². The van der Waals surface area contributed by atoms with Crippen LogP contribution in [0.2, 0.25) is 0 Å². The Morgan fingerprint density at radius 1 is 1.29 bits per heavy atom. The molecule has 1 N–H and O–H groups in total. The molecule has 1 saturated carbocycles. The predicted molar refractivity (Wildman–Crippen MR) is 57.1 cm³/mol. The third-order valence-electron chi connectivity index (χ3n) is 3.90. The largest absolute Gasteiger partial charge is 0.316 e.